The molecule has 1 aliphatic heterocycles. The summed E-state index contributed by atoms with van der Waals surface area (Å²) >= 11 is 0. The van der Waals surface area contributed by atoms with Crippen molar-refractivity contribution in [2.75, 3.05) is 47.2 Å². The van der Waals surface area contributed by atoms with Crippen LogP contribution in [-0.2, 0) is 9.47 Å². The maximum absolute atomic E-state index is 5.00. The van der Waals surface area contributed by atoms with Gasteiger partial charge in [0.05, 0.1) is 19.9 Å². The molecule has 0 amide bonds. The molecule has 0 aromatic heterocycles. The van der Waals surface area contributed by atoms with Crippen molar-refractivity contribution in [2.45, 2.75) is 0 Å². The molecular weight excluding hydrogens is 168 g/mol. The van der Waals surface area contributed by atoms with Gasteiger partial charge in [0.1, 0.15) is 0 Å². The molecule has 0 saturated carbocycles. The van der Waals surface area contributed by atoms with Gasteiger partial charge in [-0.1, -0.05) is 0 Å². The second-order valence-electron chi connectivity index (χ2n) is 3.05. The number of rotatable bonds is 6. The van der Waals surface area contributed by atoms with Gasteiger partial charge in [-0.05, 0) is 0 Å². The topological polar surface area (TPSA) is 24.9 Å². The van der Waals surface area contributed by atoms with Crippen LogP contribution in [0.2, 0.25) is 0 Å². The van der Waals surface area contributed by atoms with Crippen LogP contribution in [0.5, 0.6) is 0 Å². The fourth-order valence-corrected chi connectivity index (χ4v) is 1.22. The number of nitrogens with zero attached hydrogens (tertiary/aromatic N) is 2. The summed E-state index contributed by atoms with van der Waals surface area (Å²) in [6, 6.07) is 0. The smallest absolute Gasteiger partial charge is 0.0895 e. The van der Waals surface area contributed by atoms with E-state index in [9.17, 15) is 0 Å². The molecular formula is C9H18N2O2. The van der Waals surface area contributed by atoms with Gasteiger partial charge in [-0.3, -0.25) is 0 Å². The van der Waals surface area contributed by atoms with Crippen molar-refractivity contribution < 1.29 is 9.47 Å². The normalized spacial score (nSPS) is 15.8. The quantitative estimate of drug-likeness (QED) is 0.596. The first kappa shape index (κ1) is 10.3. The van der Waals surface area contributed by atoms with Crippen LogP contribution in [0.4, 0.5) is 0 Å². The van der Waals surface area contributed by atoms with Crippen molar-refractivity contribution >= 4 is 0 Å². The molecule has 4 nitrogen and oxygen atoms in total. The van der Waals surface area contributed by atoms with Crippen molar-refractivity contribution in [2.24, 2.45) is 0 Å². The Hall–Kier alpha value is -0.740. The Bertz CT molecular complexity index is 146. The lowest BCUT2D eigenvalue weighted by Crippen LogP contribution is -2.29. The first-order valence-electron chi connectivity index (χ1n) is 4.51. The minimum atomic E-state index is 0.780. The molecule has 1 rings (SSSR count). The lowest BCUT2D eigenvalue weighted by Gasteiger charge is -2.20. The highest BCUT2D eigenvalue weighted by atomic mass is 16.5. The standard InChI is InChI=1S/C9H18N2O2/c1-12-7-5-10-3-4-11(9-10)6-8-13-2/h3-4H,5-9H2,1-2H3. The van der Waals surface area contributed by atoms with E-state index in [-0.39, 0.29) is 0 Å². The van der Waals surface area contributed by atoms with E-state index in [2.05, 4.69) is 22.2 Å². The highest BCUT2D eigenvalue weighted by Crippen LogP contribution is 2.04. The van der Waals surface area contributed by atoms with E-state index >= 15 is 0 Å². The van der Waals surface area contributed by atoms with E-state index in [0.29, 0.717) is 0 Å². The van der Waals surface area contributed by atoms with E-state index in [0.717, 1.165) is 33.0 Å². The Kier molecular flexibility index (Phi) is 4.64. The zero-order valence-electron chi connectivity index (χ0n) is 8.40. The summed E-state index contributed by atoms with van der Waals surface area (Å²) in [6.45, 7) is 4.42. The highest BCUT2D eigenvalue weighted by Gasteiger charge is 2.10. The predicted octanol–water partition coefficient (Wildman–Crippen LogP) is 0.325. The first-order chi connectivity index (χ1) is 6.36. The molecule has 0 atom stereocenters. The molecule has 0 saturated heterocycles. The van der Waals surface area contributed by atoms with E-state index in [1.807, 2.05) is 0 Å². The molecule has 0 aromatic rings. The number of hydrogen-bond acceptors (Lipinski definition) is 4. The van der Waals surface area contributed by atoms with Gasteiger partial charge in [-0.15, -0.1) is 0 Å². The minimum Gasteiger partial charge on any atom is -0.383 e. The Balaban J connectivity index is 2.10. The van der Waals surface area contributed by atoms with Crippen LogP contribution in [0.1, 0.15) is 0 Å². The van der Waals surface area contributed by atoms with Crippen LogP contribution in [0.3, 0.4) is 0 Å². The summed E-state index contributed by atoms with van der Waals surface area (Å²) in [5.74, 6) is 0. The van der Waals surface area contributed by atoms with Crippen LogP contribution in [0, 0.1) is 0 Å². The van der Waals surface area contributed by atoms with Gasteiger partial charge in [0.15, 0.2) is 0 Å². The minimum absolute atomic E-state index is 0.780. The van der Waals surface area contributed by atoms with Gasteiger partial charge in [0, 0.05) is 39.7 Å². The Morgan fingerprint density at radius 2 is 1.46 bits per heavy atom. The fraction of sp³-hybridized carbons (Fsp3) is 0.778. The lowest BCUT2D eigenvalue weighted by molar-refractivity contribution is 0.137. The molecule has 13 heavy (non-hydrogen) atoms. The third-order valence-electron chi connectivity index (χ3n) is 2.02. The second kappa shape index (κ2) is 5.83. The predicted molar refractivity (Wildman–Crippen MR) is 51.2 cm³/mol. The van der Waals surface area contributed by atoms with Crippen molar-refractivity contribution in [3.8, 4) is 0 Å². The van der Waals surface area contributed by atoms with Crippen LogP contribution in [0.15, 0.2) is 12.4 Å². The van der Waals surface area contributed by atoms with Gasteiger partial charge in [-0.25, -0.2) is 0 Å². The van der Waals surface area contributed by atoms with Crippen molar-refractivity contribution in [3.63, 3.8) is 0 Å². The largest absolute Gasteiger partial charge is 0.383 e. The summed E-state index contributed by atoms with van der Waals surface area (Å²) < 4.78 is 10.0. The summed E-state index contributed by atoms with van der Waals surface area (Å²) in [5.41, 5.74) is 0. The molecule has 0 unspecified atom stereocenters. The summed E-state index contributed by atoms with van der Waals surface area (Å²) in [5, 5.41) is 0. The average molecular weight is 186 g/mol. The van der Waals surface area contributed by atoms with Crippen molar-refractivity contribution in [3.05, 3.63) is 12.4 Å². The Morgan fingerprint density at radius 3 is 1.85 bits per heavy atom. The van der Waals surface area contributed by atoms with Gasteiger partial charge in [0.2, 0.25) is 0 Å². The fourth-order valence-electron chi connectivity index (χ4n) is 1.22. The molecule has 0 N–H and O–H groups in total. The molecule has 1 heterocycles. The highest BCUT2D eigenvalue weighted by molar-refractivity contribution is 4.90. The van der Waals surface area contributed by atoms with E-state index in [1.165, 1.54) is 0 Å². The Labute approximate surface area is 79.7 Å². The van der Waals surface area contributed by atoms with E-state index in [4.69, 9.17) is 9.47 Å². The molecule has 0 aliphatic carbocycles. The van der Waals surface area contributed by atoms with Crippen LogP contribution >= 0.6 is 0 Å². The third-order valence-corrected chi connectivity index (χ3v) is 2.02. The van der Waals surface area contributed by atoms with Crippen LogP contribution < -0.4 is 0 Å². The van der Waals surface area contributed by atoms with Gasteiger partial charge < -0.3 is 19.3 Å². The van der Waals surface area contributed by atoms with Crippen LogP contribution in [0.25, 0.3) is 0 Å². The van der Waals surface area contributed by atoms with Crippen LogP contribution in [-0.4, -0.2) is 57.0 Å². The molecule has 4 heteroatoms. The van der Waals surface area contributed by atoms with Crippen molar-refractivity contribution in [1.82, 2.24) is 9.80 Å². The monoisotopic (exact) mass is 186 g/mol. The van der Waals surface area contributed by atoms with Gasteiger partial charge >= 0.3 is 0 Å². The van der Waals surface area contributed by atoms with E-state index in [1.54, 1.807) is 14.2 Å². The number of methoxy groups -OCH3 is 2. The van der Waals surface area contributed by atoms with Crippen molar-refractivity contribution in [1.29, 1.82) is 0 Å². The number of ether oxygens (including phenoxy) is 2. The van der Waals surface area contributed by atoms with Gasteiger partial charge in [-0.2, -0.15) is 0 Å². The molecule has 0 radical (unpaired) electrons. The maximum Gasteiger partial charge on any atom is 0.0895 e. The maximum atomic E-state index is 5.00. The zero-order chi connectivity index (χ0) is 9.52. The number of hydrogen-bond donors (Lipinski definition) is 0. The summed E-state index contributed by atoms with van der Waals surface area (Å²) in [6.07, 6.45) is 4.18. The molecule has 1 aliphatic rings. The molecule has 0 bridgehead atoms. The Morgan fingerprint density at radius 1 is 1.00 bits per heavy atom. The van der Waals surface area contributed by atoms with E-state index < -0.39 is 0 Å². The summed E-state index contributed by atoms with van der Waals surface area (Å²) in [7, 11) is 3.45. The third kappa shape index (κ3) is 3.65. The molecule has 0 spiro atoms. The molecule has 0 aromatic carbocycles. The molecule has 76 valence electrons. The average Bonchev–Trinajstić information content (AvgIpc) is 2.59. The second-order valence-corrected chi connectivity index (χ2v) is 3.05. The summed E-state index contributed by atoms with van der Waals surface area (Å²) in [4.78, 5) is 4.44. The van der Waals surface area contributed by atoms with Gasteiger partial charge in [0.25, 0.3) is 0 Å². The lowest BCUT2D eigenvalue weighted by atomic mass is 10.6. The molecule has 0 fully saturated rings. The zero-order valence-corrected chi connectivity index (χ0v) is 8.40. The SMILES string of the molecule is COCCN1C=CN(CCOC)C1. The first-order valence-corrected chi connectivity index (χ1v) is 4.51.